The van der Waals surface area contributed by atoms with Crippen molar-refractivity contribution in [3.05, 3.63) is 4.91 Å². The molecule has 0 saturated heterocycles. The van der Waals surface area contributed by atoms with E-state index in [4.69, 9.17) is 0 Å². The van der Waals surface area contributed by atoms with Crippen molar-refractivity contribution in [3.63, 3.8) is 0 Å². The van der Waals surface area contributed by atoms with Crippen LogP contribution in [0.25, 0.3) is 0 Å². The molecule has 0 heterocycles. The SMILES string of the molecule is CCC(C)C(CCCCC(C)(C)CC)CN=O. The maximum Gasteiger partial charge on any atom is 0.0841 e. The Labute approximate surface area is 108 Å². The first kappa shape index (κ1) is 16.6. The molecular weight excluding hydrogens is 210 g/mol. The molecule has 0 aromatic carbocycles. The maximum absolute atomic E-state index is 10.4. The summed E-state index contributed by atoms with van der Waals surface area (Å²) < 4.78 is 0. The van der Waals surface area contributed by atoms with E-state index >= 15 is 0 Å². The van der Waals surface area contributed by atoms with Crippen molar-refractivity contribution in [2.75, 3.05) is 6.54 Å². The monoisotopic (exact) mass is 241 g/mol. The largest absolute Gasteiger partial charge is 0.151 e. The van der Waals surface area contributed by atoms with Crippen LogP contribution in [0, 0.1) is 22.2 Å². The molecule has 2 atom stereocenters. The fourth-order valence-corrected chi connectivity index (χ4v) is 2.17. The highest BCUT2D eigenvalue weighted by Gasteiger charge is 2.17. The first-order valence-corrected chi connectivity index (χ1v) is 7.26. The summed E-state index contributed by atoms with van der Waals surface area (Å²) in [5.41, 5.74) is 0.481. The van der Waals surface area contributed by atoms with Crippen LogP contribution in [0.2, 0.25) is 0 Å². The van der Waals surface area contributed by atoms with E-state index in [2.05, 4.69) is 39.8 Å². The lowest BCUT2D eigenvalue weighted by Crippen LogP contribution is -2.15. The van der Waals surface area contributed by atoms with Crippen molar-refractivity contribution >= 4 is 0 Å². The Morgan fingerprint density at radius 3 is 2.29 bits per heavy atom. The number of unbranched alkanes of at least 4 members (excludes halogenated alkanes) is 1. The molecule has 0 radical (unpaired) electrons. The second-order valence-electron chi connectivity index (χ2n) is 6.22. The van der Waals surface area contributed by atoms with Gasteiger partial charge in [-0.15, -0.1) is 0 Å². The quantitative estimate of drug-likeness (QED) is 0.371. The Morgan fingerprint density at radius 1 is 1.18 bits per heavy atom. The summed E-state index contributed by atoms with van der Waals surface area (Å²) in [5.74, 6) is 1.13. The van der Waals surface area contributed by atoms with Crippen molar-refractivity contribution in [2.24, 2.45) is 22.4 Å². The molecule has 0 aliphatic carbocycles. The van der Waals surface area contributed by atoms with Crippen LogP contribution >= 0.6 is 0 Å². The number of hydrogen-bond donors (Lipinski definition) is 0. The minimum absolute atomic E-state index is 0.481. The van der Waals surface area contributed by atoms with Gasteiger partial charge < -0.3 is 0 Å². The summed E-state index contributed by atoms with van der Waals surface area (Å²) >= 11 is 0. The molecule has 0 saturated carbocycles. The summed E-state index contributed by atoms with van der Waals surface area (Å²) in [4.78, 5) is 10.4. The zero-order valence-electron chi connectivity index (χ0n) is 12.5. The number of rotatable bonds is 10. The average molecular weight is 241 g/mol. The molecule has 2 nitrogen and oxygen atoms in total. The van der Waals surface area contributed by atoms with E-state index in [1.807, 2.05) is 0 Å². The van der Waals surface area contributed by atoms with Gasteiger partial charge in [0.2, 0.25) is 0 Å². The fraction of sp³-hybridized carbons (Fsp3) is 1.00. The second-order valence-corrected chi connectivity index (χ2v) is 6.22. The van der Waals surface area contributed by atoms with Crippen LogP contribution < -0.4 is 0 Å². The fourth-order valence-electron chi connectivity index (χ4n) is 2.17. The molecule has 0 aromatic rings. The summed E-state index contributed by atoms with van der Waals surface area (Å²) in [7, 11) is 0. The van der Waals surface area contributed by atoms with Gasteiger partial charge in [-0.25, -0.2) is 0 Å². The van der Waals surface area contributed by atoms with Crippen molar-refractivity contribution in [1.29, 1.82) is 0 Å². The van der Waals surface area contributed by atoms with Crippen LogP contribution in [0.3, 0.4) is 0 Å². The summed E-state index contributed by atoms with van der Waals surface area (Å²) in [6.45, 7) is 11.9. The molecule has 2 heteroatoms. The lowest BCUT2D eigenvalue weighted by Gasteiger charge is -2.24. The van der Waals surface area contributed by atoms with E-state index in [1.54, 1.807) is 0 Å². The van der Waals surface area contributed by atoms with E-state index in [9.17, 15) is 4.91 Å². The van der Waals surface area contributed by atoms with Gasteiger partial charge in [-0.2, -0.15) is 4.91 Å². The van der Waals surface area contributed by atoms with E-state index in [0.717, 1.165) is 6.42 Å². The topological polar surface area (TPSA) is 29.4 Å². The van der Waals surface area contributed by atoms with E-state index in [-0.39, 0.29) is 0 Å². The molecule has 102 valence electrons. The lowest BCUT2D eigenvalue weighted by molar-refractivity contribution is 0.284. The van der Waals surface area contributed by atoms with Crippen LogP contribution in [0.5, 0.6) is 0 Å². The van der Waals surface area contributed by atoms with Crippen molar-refractivity contribution in [2.45, 2.75) is 73.1 Å². The third-order valence-electron chi connectivity index (χ3n) is 4.39. The molecule has 0 amide bonds. The van der Waals surface area contributed by atoms with Crippen LogP contribution in [-0.2, 0) is 0 Å². The Bertz CT molecular complexity index is 201. The Hall–Kier alpha value is -0.400. The van der Waals surface area contributed by atoms with Gasteiger partial charge in [0.25, 0.3) is 0 Å². The molecule has 0 bridgehead atoms. The normalized spacial score (nSPS) is 15.6. The van der Waals surface area contributed by atoms with Gasteiger partial charge in [0, 0.05) is 0 Å². The average Bonchev–Trinajstić information content (AvgIpc) is 2.32. The molecule has 0 spiro atoms. The molecule has 0 rings (SSSR count). The van der Waals surface area contributed by atoms with Gasteiger partial charge in [0.05, 0.1) is 6.54 Å². The number of hydrogen-bond acceptors (Lipinski definition) is 2. The minimum Gasteiger partial charge on any atom is -0.151 e. The molecule has 17 heavy (non-hydrogen) atoms. The minimum atomic E-state index is 0.481. The first-order valence-electron chi connectivity index (χ1n) is 7.26. The van der Waals surface area contributed by atoms with Crippen molar-refractivity contribution in [1.82, 2.24) is 0 Å². The summed E-state index contributed by atoms with van der Waals surface area (Å²) in [5, 5.41) is 3.10. The van der Waals surface area contributed by atoms with Crippen LogP contribution in [0.4, 0.5) is 0 Å². The van der Waals surface area contributed by atoms with E-state index in [1.165, 1.54) is 32.1 Å². The predicted molar refractivity (Wildman–Crippen MR) is 76.1 cm³/mol. The molecule has 0 aliphatic rings. The summed E-state index contributed by atoms with van der Waals surface area (Å²) in [6, 6.07) is 0. The zero-order valence-corrected chi connectivity index (χ0v) is 12.5. The van der Waals surface area contributed by atoms with Gasteiger partial charge in [-0.1, -0.05) is 65.5 Å². The highest BCUT2D eigenvalue weighted by molar-refractivity contribution is 4.70. The molecule has 0 aromatic heterocycles. The lowest BCUT2D eigenvalue weighted by atomic mass is 9.82. The van der Waals surface area contributed by atoms with Gasteiger partial charge in [0.1, 0.15) is 0 Å². The van der Waals surface area contributed by atoms with Crippen LogP contribution in [-0.4, -0.2) is 6.54 Å². The highest BCUT2D eigenvalue weighted by atomic mass is 16.3. The van der Waals surface area contributed by atoms with Gasteiger partial charge >= 0.3 is 0 Å². The standard InChI is InChI=1S/C15H31NO/c1-6-13(3)14(12-16-17)10-8-9-11-15(4,5)7-2/h13-14H,6-12H2,1-5H3. The maximum atomic E-state index is 10.4. The third kappa shape index (κ3) is 7.51. The smallest absolute Gasteiger partial charge is 0.0841 e. The zero-order chi connectivity index (χ0) is 13.3. The molecule has 0 fully saturated rings. The highest BCUT2D eigenvalue weighted by Crippen LogP contribution is 2.29. The summed E-state index contributed by atoms with van der Waals surface area (Å²) in [6.07, 6.45) is 7.39. The van der Waals surface area contributed by atoms with Crippen LogP contribution in [0.15, 0.2) is 5.18 Å². The Balaban J connectivity index is 3.86. The Kier molecular flexibility index (Phi) is 8.45. The predicted octanol–water partition coefficient (Wildman–Crippen LogP) is 5.41. The molecule has 0 aliphatic heterocycles. The van der Waals surface area contributed by atoms with Crippen molar-refractivity contribution in [3.8, 4) is 0 Å². The van der Waals surface area contributed by atoms with Crippen LogP contribution in [0.1, 0.15) is 73.1 Å². The second kappa shape index (κ2) is 8.66. The van der Waals surface area contributed by atoms with Crippen molar-refractivity contribution < 1.29 is 0 Å². The Morgan fingerprint density at radius 2 is 1.82 bits per heavy atom. The van der Waals surface area contributed by atoms with Gasteiger partial charge in [-0.05, 0) is 30.1 Å². The first-order chi connectivity index (χ1) is 7.96. The third-order valence-corrected chi connectivity index (χ3v) is 4.39. The van der Waals surface area contributed by atoms with Gasteiger partial charge in [0.15, 0.2) is 0 Å². The van der Waals surface area contributed by atoms with E-state index < -0.39 is 0 Å². The molecule has 2 unspecified atom stereocenters. The number of nitrogens with zero attached hydrogens (tertiary/aromatic N) is 1. The molecule has 0 N–H and O–H groups in total. The van der Waals surface area contributed by atoms with E-state index in [0.29, 0.717) is 23.8 Å². The molecular formula is C15H31NO. The number of nitroso groups, excluding NO2 is 1. The van der Waals surface area contributed by atoms with Gasteiger partial charge in [-0.3, -0.25) is 0 Å².